The Balaban J connectivity index is 1.74. The maximum absolute atomic E-state index is 13.9. The summed E-state index contributed by atoms with van der Waals surface area (Å²) in [7, 11) is 0. The molecule has 40 heavy (non-hydrogen) atoms. The van der Waals surface area contributed by atoms with E-state index in [0.717, 1.165) is 43.1 Å². The van der Waals surface area contributed by atoms with Crippen LogP contribution in [0.25, 0.3) is 11.4 Å². The van der Waals surface area contributed by atoms with E-state index in [0.29, 0.717) is 11.4 Å². The van der Waals surface area contributed by atoms with Gasteiger partial charge >= 0.3 is 6.18 Å². The van der Waals surface area contributed by atoms with E-state index >= 15 is 0 Å². The van der Waals surface area contributed by atoms with Crippen molar-refractivity contribution in [3.05, 3.63) is 101 Å². The van der Waals surface area contributed by atoms with Crippen LogP contribution in [0.3, 0.4) is 0 Å². The van der Waals surface area contributed by atoms with Gasteiger partial charge in [-0.1, -0.05) is 81.5 Å². The summed E-state index contributed by atoms with van der Waals surface area (Å²) in [5.74, 6) is 0.554. The monoisotopic (exact) mass is 545 g/mol. The molecule has 0 radical (unpaired) electrons. The first-order chi connectivity index (χ1) is 19.3. The molecule has 3 aromatic carbocycles. The lowest BCUT2D eigenvalue weighted by molar-refractivity contribution is -0.137. The van der Waals surface area contributed by atoms with Gasteiger partial charge in [-0.15, -0.1) is 0 Å². The molecule has 0 fully saturated rings. The highest BCUT2D eigenvalue weighted by atomic mass is 19.4. The van der Waals surface area contributed by atoms with Gasteiger partial charge in [0.25, 0.3) is 0 Å². The van der Waals surface area contributed by atoms with Crippen LogP contribution in [-0.4, -0.2) is 9.97 Å². The summed E-state index contributed by atoms with van der Waals surface area (Å²) < 4.78 is 41.8. The lowest BCUT2D eigenvalue weighted by atomic mass is 10.0. The van der Waals surface area contributed by atoms with E-state index in [1.807, 2.05) is 4.90 Å². The van der Waals surface area contributed by atoms with Crippen LogP contribution in [0.2, 0.25) is 0 Å². The van der Waals surface area contributed by atoms with Gasteiger partial charge in [0.1, 0.15) is 5.82 Å². The largest absolute Gasteiger partial charge is 0.417 e. The first-order valence-electron chi connectivity index (χ1n) is 14.3. The second-order valence-corrected chi connectivity index (χ2v) is 10.4. The molecule has 0 saturated carbocycles. The lowest BCUT2D eigenvalue weighted by Crippen LogP contribution is -2.13. The van der Waals surface area contributed by atoms with Crippen LogP contribution in [0.15, 0.2) is 79.0 Å². The third-order valence-electron chi connectivity index (χ3n) is 7.12. The van der Waals surface area contributed by atoms with Gasteiger partial charge in [-0.2, -0.15) is 13.2 Å². The van der Waals surface area contributed by atoms with Crippen LogP contribution in [0.1, 0.15) is 74.6 Å². The van der Waals surface area contributed by atoms with Gasteiger partial charge in [-0.3, -0.25) is 4.90 Å². The minimum atomic E-state index is -4.51. The summed E-state index contributed by atoms with van der Waals surface area (Å²) in [6.45, 7) is 6.04. The van der Waals surface area contributed by atoms with E-state index in [9.17, 15) is 13.2 Å². The Morgan fingerprint density at radius 3 is 1.75 bits per heavy atom. The fourth-order valence-electron chi connectivity index (χ4n) is 4.89. The first kappa shape index (κ1) is 29.3. The second-order valence-electron chi connectivity index (χ2n) is 10.4. The van der Waals surface area contributed by atoms with Crippen LogP contribution in [0, 0.1) is 6.92 Å². The van der Waals surface area contributed by atoms with Gasteiger partial charge in [0.2, 0.25) is 0 Å². The van der Waals surface area contributed by atoms with Crippen molar-refractivity contribution in [3.63, 3.8) is 0 Å². The topological polar surface area (TPSA) is 29.0 Å². The number of anilines is 3. The van der Waals surface area contributed by atoms with Crippen molar-refractivity contribution in [3.8, 4) is 11.4 Å². The molecule has 3 nitrogen and oxygen atoms in total. The Morgan fingerprint density at radius 1 is 0.700 bits per heavy atom. The molecule has 6 heteroatoms. The molecule has 0 aliphatic heterocycles. The first-order valence-corrected chi connectivity index (χ1v) is 14.3. The number of unbranched alkanes of at least 4 members (excludes halogenated alkanes) is 4. The lowest BCUT2D eigenvalue weighted by Gasteiger charge is -2.25. The number of aromatic nitrogens is 2. The third-order valence-corrected chi connectivity index (χ3v) is 7.12. The zero-order valence-electron chi connectivity index (χ0n) is 23.6. The average molecular weight is 546 g/mol. The van der Waals surface area contributed by atoms with Crippen molar-refractivity contribution in [2.24, 2.45) is 0 Å². The molecule has 0 aliphatic carbocycles. The summed E-state index contributed by atoms with van der Waals surface area (Å²) >= 11 is 0. The standard InChI is InChI=1S/C34H38F3N3/c1-4-6-8-10-26-13-17-28(18-14-26)40(29-19-15-27(16-20-29)11-9-7-5-2)32-22-23-38-33(39-32)30-21-12-25(3)24-31(30)34(35,36)37/h12-24H,4-11H2,1-3H3. The summed E-state index contributed by atoms with van der Waals surface area (Å²) in [6, 6.07) is 22.8. The highest BCUT2D eigenvalue weighted by molar-refractivity contribution is 5.75. The fourth-order valence-corrected chi connectivity index (χ4v) is 4.89. The molecule has 1 aromatic heterocycles. The predicted octanol–water partition coefficient (Wildman–Crippen LogP) is 10.4. The molecule has 0 aliphatic rings. The molecule has 0 spiro atoms. The maximum atomic E-state index is 13.9. The highest BCUT2D eigenvalue weighted by Gasteiger charge is 2.34. The Labute approximate surface area is 236 Å². The average Bonchev–Trinajstić information content (AvgIpc) is 2.95. The fraction of sp³-hybridized carbons (Fsp3) is 0.353. The second kappa shape index (κ2) is 13.6. The third kappa shape index (κ3) is 7.50. The Hall–Kier alpha value is -3.67. The van der Waals surface area contributed by atoms with Crippen LogP contribution in [0.5, 0.6) is 0 Å². The van der Waals surface area contributed by atoms with E-state index in [-0.39, 0.29) is 11.4 Å². The molecule has 4 rings (SSSR count). The number of benzene rings is 3. The number of hydrogen-bond donors (Lipinski definition) is 0. The van der Waals surface area contributed by atoms with E-state index in [1.165, 1.54) is 49.1 Å². The molecule has 0 amide bonds. The van der Waals surface area contributed by atoms with E-state index < -0.39 is 11.7 Å². The minimum Gasteiger partial charge on any atom is -0.295 e. The van der Waals surface area contributed by atoms with Crippen LogP contribution in [0.4, 0.5) is 30.4 Å². The molecule has 4 aromatic rings. The van der Waals surface area contributed by atoms with E-state index in [1.54, 1.807) is 19.1 Å². The number of alkyl halides is 3. The van der Waals surface area contributed by atoms with Crippen molar-refractivity contribution >= 4 is 17.2 Å². The Kier molecular flexibility index (Phi) is 9.97. The van der Waals surface area contributed by atoms with Crippen molar-refractivity contribution in [2.75, 3.05) is 4.90 Å². The quantitative estimate of drug-likeness (QED) is 0.166. The van der Waals surface area contributed by atoms with Gasteiger partial charge in [-0.25, -0.2) is 9.97 Å². The minimum absolute atomic E-state index is 0.0301. The molecule has 0 bridgehead atoms. The molecule has 0 saturated heterocycles. The van der Waals surface area contributed by atoms with Crippen LogP contribution in [-0.2, 0) is 19.0 Å². The zero-order chi connectivity index (χ0) is 28.5. The van der Waals surface area contributed by atoms with Crippen molar-refractivity contribution < 1.29 is 13.2 Å². The summed E-state index contributed by atoms with van der Waals surface area (Å²) in [6.07, 6.45) is 6.09. The molecule has 0 unspecified atom stereocenters. The van der Waals surface area contributed by atoms with Gasteiger partial charge in [0, 0.05) is 23.1 Å². The van der Waals surface area contributed by atoms with Crippen LogP contribution >= 0.6 is 0 Å². The molecule has 1 heterocycles. The van der Waals surface area contributed by atoms with Gasteiger partial charge < -0.3 is 0 Å². The zero-order valence-corrected chi connectivity index (χ0v) is 23.6. The molecule has 0 N–H and O–H groups in total. The van der Waals surface area contributed by atoms with Crippen molar-refractivity contribution in [2.45, 2.75) is 78.3 Å². The van der Waals surface area contributed by atoms with Crippen LogP contribution < -0.4 is 4.90 Å². The molecule has 210 valence electrons. The number of rotatable bonds is 12. The van der Waals surface area contributed by atoms with Gasteiger partial charge in [0.05, 0.1) is 5.56 Å². The predicted molar refractivity (Wildman–Crippen MR) is 158 cm³/mol. The number of nitrogens with zero attached hydrogens (tertiary/aromatic N) is 3. The summed E-state index contributed by atoms with van der Waals surface area (Å²) in [5, 5.41) is 0. The van der Waals surface area contributed by atoms with Gasteiger partial charge in [-0.05, 0) is 80.1 Å². The van der Waals surface area contributed by atoms with Crippen molar-refractivity contribution in [1.29, 1.82) is 0 Å². The highest BCUT2D eigenvalue weighted by Crippen LogP contribution is 2.38. The molecular weight excluding hydrogens is 507 g/mol. The van der Waals surface area contributed by atoms with E-state index in [4.69, 9.17) is 0 Å². The number of hydrogen-bond acceptors (Lipinski definition) is 3. The van der Waals surface area contributed by atoms with Crippen molar-refractivity contribution in [1.82, 2.24) is 9.97 Å². The Bertz CT molecular complexity index is 1310. The van der Waals surface area contributed by atoms with E-state index in [2.05, 4.69) is 72.3 Å². The number of aryl methyl sites for hydroxylation is 3. The Morgan fingerprint density at radius 2 is 1.25 bits per heavy atom. The molecular formula is C34H38F3N3. The molecule has 0 atom stereocenters. The SMILES string of the molecule is CCCCCc1ccc(N(c2ccc(CCCCC)cc2)c2ccnc(-c3ccc(C)cc3C(F)(F)F)n2)cc1. The summed E-state index contributed by atoms with van der Waals surface area (Å²) in [5.41, 5.74) is 4.08. The normalized spacial score (nSPS) is 11.6. The number of halogens is 3. The maximum Gasteiger partial charge on any atom is 0.417 e. The summed E-state index contributed by atoms with van der Waals surface area (Å²) in [4.78, 5) is 10.9. The smallest absolute Gasteiger partial charge is 0.295 e. The van der Waals surface area contributed by atoms with Gasteiger partial charge in [0.15, 0.2) is 5.82 Å².